The van der Waals surface area contributed by atoms with Crippen molar-refractivity contribution in [3.05, 3.63) is 42.5 Å². The Kier molecular flexibility index (Phi) is 4.77. The van der Waals surface area contributed by atoms with Gasteiger partial charge in [-0.3, -0.25) is 0 Å². The predicted octanol–water partition coefficient (Wildman–Crippen LogP) is 2.43. The van der Waals surface area contributed by atoms with E-state index in [1.165, 1.54) is 0 Å². The smallest absolute Gasteiger partial charge is 0.129 e. The first-order chi connectivity index (χ1) is 7.29. The maximum atomic E-state index is 11.7. The molecule has 0 aromatic heterocycles. The molecule has 0 amide bonds. The third kappa shape index (κ3) is 3.32. The van der Waals surface area contributed by atoms with Gasteiger partial charge in [-0.05, 0) is 17.1 Å². The first kappa shape index (κ1) is 11.7. The molecule has 1 unspecified atom stereocenters. The minimum absolute atomic E-state index is 0.0671. The third-order valence-electron chi connectivity index (χ3n) is 1.82. The molecule has 0 fully saturated rings. The lowest BCUT2D eigenvalue weighted by Crippen LogP contribution is -2.05. The summed E-state index contributed by atoms with van der Waals surface area (Å²) in [5.41, 5.74) is 0.964. The number of allylic oxidation sites excluding steroid dienone is 1. The van der Waals surface area contributed by atoms with Crippen LogP contribution < -0.4 is 5.30 Å². The molecule has 0 N–H and O–H groups in total. The summed E-state index contributed by atoms with van der Waals surface area (Å²) in [6.07, 6.45) is 7.48. The molecule has 0 radical (unpaired) electrons. The van der Waals surface area contributed by atoms with Crippen molar-refractivity contribution in [2.45, 2.75) is 6.42 Å². The fraction of sp³-hybridized carbons (Fsp3) is 0.167. The van der Waals surface area contributed by atoms with E-state index in [2.05, 4.69) is 12.5 Å². The molecule has 0 saturated carbocycles. The number of hydrogen-bond acceptors (Lipinski definition) is 2. The molecule has 76 valence electrons. The van der Waals surface area contributed by atoms with Gasteiger partial charge in [0.25, 0.3) is 0 Å². The maximum absolute atomic E-state index is 11.7. The lowest BCUT2D eigenvalue weighted by molar-refractivity contribution is 0.385. The zero-order chi connectivity index (χ0) is 11.1. The third-order valence-corrected chi connectivity index (χ3v) is 3.01. The fourth-order valence-corrected chi connectivity index (χ4v) is 2.12. The predicted molar refractivity (Wildman–Crippen MR) is 62.4 cm³/mol. The van der Waals surface area contributed by atoms with Crippen LogP contribution in [-0.2, 0) is 15.5 Å². The van der Waals surface area contributed by atoms with E-state index < -0.39 is 8.03 Å². The Labute approximate surface area is 90.8 Å². The molecule has 0 aliphatic heterocycles. The van der Waals surface area contributed by atoms with Gasteiger partial charge in [0.2, 0.25) is 5.30 Å². The summed E-state index contributed by atoms with van der Waals surface area (Å²) >= 11 is 0. The van der Waals surface area contributed by atoms with Crippen LogP contribution in [0.5, 0.6) is 0 Å². The Bertz CT molecular complexity index is 404. The van der Waals surface area contributed by atoms with Gasteiger partial charge in [-0.15, -0.1) is 17.5 Å². The van der Waals surface area contributed by atoms with Crippen LogP contribution >= 0.6 is 8.03 Å². The van der Waals surface area contributed by atoms with Crippen molar-refractivity contribution in [1.82, 2.24) is 0 Å². The van der Waals surface area contributed by atoms with Crippen molar-refractivity contribution >= 4 is 13.3 Å². The summed E-state index contributed by atoms with van der Waals surface area (Å²) in [7, 11) is -1.85. The van der Waals surface area contributed by atoms with Crippen LogP contribution in [0.3, 0.4) is 0 Å². The van der Waals surface area contributed by atoms with Crippen molar-refractivity contribution in [2.24, 2.45) is 0 Å². The molecule has 1 rings (SSSR count). The van der Waals surface area contributed by atoms with Crippen molar-refractivity contribution in [1.29, 1.82) is 0 Å². The van der Waals surface area contributed by atoms with Gasteiger partial charge in [-0.25, -0.2) is 0 Å². The Hall–Kier alpha value is -1.42. The molecule has 0 heterocycles. The zero-order valence-corrected chi connectivity index (χ0v) is 9.24. The van der Waals surface area contributed by atoms with Gasteiger partial charge < -0.3 is 0 Å². The van der Waals surface area contributed by atoms with E-state index >= 15 is 0 Å². The van der Waals surface area contributed by atoms with Crippen molar-refractivity contribution in [3.63, 3.8) is 0 Å². The van der Waals surface area contributed by atoms with Crippen LogP contribution in [0.25, 0.3) is 0 Å². The molecule has 0 spiro atoms. The van der Waals surface area contributed by atoms with Crippen LogP contribution in [0.4, 0.5) is 0 Å². The molecule has 0 bridgehead atoms. The second-order valence-electron chi connectivity index (χ2n) is 2.86. The van der Waals surface area contributed by atoms with Crippen LogP contribution in [0.15, 0.2) is 36.9 Å². The van der Waals surface area contributed by atoms with Gasteiger partial charge in [0.15, 0.2) is 6.61 Å². The molecule has 1 aromatic carbocycles. The second kappa shape index (κ2) is 6.14. The molecule has 15 heavy (non-hydrogen) atoms. The molecule has 3 heteroatoms. The van der Waals surface area contributed by atoms with Crippen molar-refractivity contribution in [2.75, 3.05) is 6.61 Å². The van der Waals surface area contributed by atoms with Crippen LogP contribution in [0.2, 0.25) is 0 Å². The molecule has 1 aromatic rings. The van der Waals surface area contributed by atoms with E-state index in [0.717, 1.165) is 5.56 Å². The highest BCUT2D eigenvalue weighted by atomic mass is 31.1. The number of hydrogen-bond donors (Lipinski definition) is 0. The Balaban J connectivity index is 2.87. The van der Waals surface area contributed by atoms with Gasteiger partial charge in [0, 0.05) is 5.56 Å². The van der Waals surface area contributed by atoms with Crippen LogP contribution in [-0.4, -0.2) is 6.61 Å². The summed E-state index contributed by atoms with van der Waals surface area (Å²) < 4.78 is 16.7. The Morgan fingerprint density at radius 3 is 2.93 bits per heavy atom. The van der Waals surface area contributed by atoms with Crippen LogP contribution in [0, 0.1) is 12.3 Å². The standard InChI is InChI=1S/C12H12O2P/c1-3-7-11-8-5-6-9-12(11)15(13)14-10-4-2/h2-3,5-6,8-9H,1,7,10H2/q+1. The number of terminal acetylenes is 1. The monoisotopic (exact) mass is 219 g/mol. The van der Waals surface area contributed by atoms with Crippen LogP contribution in [0.1, 0.15) is 5.56 Å². The van der Waals surface area contributed by atoms with Gasteiger partial charge in [-0.1, -0.05) is 30.2 Å². The molecule has 0 saturated heterocycles. The quantitative estimate of drug-likeness (QED) is 0.432. The highest BCUT2D eigenvalue weighted by Gasteiger charge is 2.24. The minimum atomic E-state index is -1.85. The summed E-state index contributed by atoms with van der Waals surface area (Å²) in [5, 5.41) is 0.697. The number of rotatable bonds is 5. The first-order valence-corrected chi connectivity index (χ1v) is 5.69. The maximum Gasteiger partial charge on any atom is 0.549 e. The molecular formula is C12H12O2P+. The molecular weight excluding hydrogens is 207 g/mol. The average molecular weight is 219 g/mol. The Morgan fingerprint density at radius 2 is 2.27 bits per heavy atom. The highest BCUT2D eigenvalue weighted by Crippen LogP contribution is 2.23. The lowest BCUT2D eigenvalue weighted by Gasteiger charge is -1.95. The summed E-state index contributed by atoms with van der Waals surface area (Å²) in [6, 6.07) is 7.42. The van der Waals surface area contributed by atoms with E-state index in [1.807, 2.05) is 18.2 Å². The normalized spacial score (nSPS) is 10.5. The molecule has 1 atom stereocenters. The van der Waals surface area contributed by atoms with E-state index in [9.17, 15) is 4.57 Å². The van der Waals surface area contributed by atoms with Gasteiger partial charge in [0.1, 0.15) is 0 Å². The first-order valence-electron chi connectivity index (χ1n) is 4.52. The molecule has 0 aliphatic carbocycles. The zero-order valence-electron chi connectivity index (χ0n) is 8.35. The topological polar surface area (TPSA) is 26.3 Å². The number of benzene rings is 1. The summed E-state index contributed by atoms with van der Waals surface area (Å²) in [6.45, 7) is 3.72. The van der Waals surface area contributed by atoms with Crippen molar-refractivity contribution < 1.29 is 9.09 Å². The largest absolute Gasteiger partial charge is 0.549 e. The second-order valence-corrected chi connectivity index (χ2v) is 4.11. The SMILES string of the molecule is C#CCO[P+](=O)c1ccccc1CC=C. The van der Waals surface area contributed by atoms with Gasteiger partial charge >= 0.3 is 8.03 Å². The average Bonchev–Trinajstić information content (AvgIpc) is 2.27. The van der Waals surface area contributed by atoms with Gasteiger partial charge in [-0.2, -0.15) is 0 Å². The Morgan fingerprint density at radius 1 is 1.53 bits per heavy atom. The lowest BCUT2D eigenvalue weighted by atomic mass is 10.1. The minimum Gasteiger partial charge on any atom is -0.129 e. The molecule has 0 aliphatic rings. The van der Waals surface area contributed by atoms with E-state index in [4.69, 9.17) is 10.9 Å². The highest BCUT2D eigenvalue weighted by molar-refractivity contribution is 7.48. The van der Waals surface area contributed by atoms with E-state index in [1.54, 1.807) is 12.1 Å². The van der Waals surface area contributed by atoms with Gasteiger partial charge in [0.05, 0.1) is 0 Å². The fourth-order valence-electron chi connectivity index (χ4n) is 1.18. The summed E-state index contributed by atoms with van der Waals surface area (Å²) in [5.74, 6) is 2.29. The van der Waals surface area contributed by atoms with E-state index in [-0.39, 0.29) is 6.61 Å². The van der Waals surface area contributed by atoms with Crippen molar-refractivity contribution in [3.8, 4) is 12.3 Å². The summed E-state index contributed by atoms with van der Waals surface area (Å²) in [4.78, 5) is 0. The molecule has 2 nitrogen and oxygen atoms in total. The van der Waals surface area contributed by atoms with E-state index in [0.29, 0.717) is 11.7 Å².